The number of carbonyl (C=O) groups excluding carboxylic acids is 1. The van der Waals surface area contributed by atoms with Gasteiger partial charge in [0.25, 0.3) is 10.0 Å². The second-order valence-corrected chi connectivity index (χ2v) is 6.24. The van der Waals surface area contributed by atoms with Gasteiger partial charge in [-0.1, -0.05) is 6.07 Å². The molecular weight excluding hydrogens is 314 g/mol. The van der Waals surface area contributed by atoms with Crippen LogP contribution in [-0.4, -0.2) is 14.3 Å². The van der Waals surface area contributed by atoms with Crippen molar-refractivity contribution < 1.29 is 22.0 Å². The number of rotatable bonds is 4. The molecule has 0 fully saturated rings. The van der Waals surface area contributed by atoms with E-state index in [0.29, 0.717) is 23.8 Å². The zero-order chi connectivity index (χ0) is 16.5. The number of carbonyl (C=O) groups is 1. The van der Waals surface area contributed by atoms with Gasteiger partial charge >= 0.3 is 0 Å². The highest BCUT2D eigenvalue weighted by Crippen LogP contribution is 2.23. The summed E-state index contributed by atoms with van der Waals surface area (Å²) < 4.78 is 52.8. The molecule has 0 spiro atoms. The van der Waals surface area contributed by atoms with E-state index in [1.165, 1.54) is 25.1 Å². The van der Waals surface area contributed by atoms with Gasteiger partial charge in [-0.3, -0.25) is 9.52 Å². The van der Waals surface area contributed by atoms with Crippen LogP contribution in [0.2, 0.25) is 0 Å². The summed E-state index contributed by atoms with van der Waals surface area (Å²) in [6.45, 7) is 1.50. The molecule has 0 aliphatic rings. The molecule has 3 N–H and O–H groups in total. The Morgan fingerprint density at radius 3 is 2.27 bits per heavy atom. The molecular formula is C14H12F2N2O3S. The van der Waals surface area contributed by atoms with Crippen LogP contribution in [0.1, 0.15) is 15.9 Å². The molecule has 0 saturated heterocycles. The third-order valence-corrected chi connectivity index (χ3v) is 4.33. The third kappa shape index (κ3) is 3.22. The summed E-state index contributed by atoms with van der Waals surface area (Å²) in [4.78, 5) is 10.7. The monoisotopic (exact) mass is 326 g/mol. The van der Waals surface area contributed by atoms with Crippen LogP contribution < -0.4 is 10.5 Å². The van der Waals surface area contributed by atoms with Gasteiger partial charge in [0.2, 0.25) is 5.91 Å². The molecule has 2 rings (SSSR count). The van der Waals surface area contributed by atoms with Crippen molar-refractivity contribution in [2.24, 2.45) is 5.73 Å². The van der Waals surface area contributed by atoms with Crippen LogP contribution in [0, 0.1) is 18.6 Å². The molecule has 0 bridgehead atoms. The lowest BCUT2D eigenvalue weighted by atomic mass is 10.1. The number of benzene rings is 2. The summed E-state index contributed by atoms with van der Waals surface area (Å²) in [7, 11) is -4.21. The van der Waals surface area contributed by atoms with Gasteiger partial charge < -0.3 is 5.73 Å². The van der Waals surface area contributed by atoms with E-state index in [9.17, 15) is 22.0 Å². The van der Waals surface area contributed by atoms with Gasteiger partial charge in [0.15, 0.2) is 0 Å². The number of nitrogens with one attached hydrogen (secondary N) is 1. The first-order chi connectivity index (χ1) is 10.2. The predicted octanol–water partition coefficient (Wildman–Crippen LogP) is 2.17. The molecule has 116 valence electrons. The van der Waals surface area contributed by atoms with Gasteiger partial charge in [0.05, 0.1) is 10.6 Å². The van der Waals surface area contributed by atoms with E-state index in [0.717, 1.165) is 0 Å². The van der Waals surface area contributed by atoms with Crippen LogP contribution in [-0.2, 0) is 10.0 Å². The zero-order valence-corrected chi connectivity index (χ0v) is 12.2. The Bertz CT molecular complexity index is 831. The normalized spacial score (nSPS) is 11.2. The molecule has 0 aliphatic heterocycles. The lowest BCUT2D eigenvalue weighted by Crippen LogP contribution is -2.17. The minimum absolute atomic E-state index is 0.0981. The van der Waals surface area contributed by atoms with Crippen molar-refractivity contribution in [2.45, 2.75) is 11.8 Å². The fourth-order valence-electron chi connectivity index (χ4n) is 1.90. The summed E-state index contributed by atoms with van der Waals surface area (Å²) in [5, 5.41) is 0. The molecule has 0 aliphatic carbocycles. The number of hydrogen-bond acceptors (Lipinski definition) is 3. The molecule has 1 amide bonds. The van der Waals surface area contributed by atoms with Crippen LogP contribution in [0.25, 0.3) is 0 Å². The number of halogens is 2. The Hall–Kier alpha value is -2.48. The van der Waals surface area contributed by atoms with Crippen molar-refractivity contribution in [1.82, 2.24) is 0 Å². The van der Waals surface area contributed by atoms with Gasteiger partial charge in [-0.05, 0) is 36.8 Å². The number of hydrogen-bond donors (Lipinski definition) is 2. The topological polar surface area (TPSA) is 89.3 Å². The first-order valence-corrected chi connectivity index (χ1v) is 7.57. The molecule has 2 aromatic rings. The first-order valence-electron chi connectivity index (χ1n) is 6.09. The highest BCUT2D eigenvalue weighted by Gasteiger charge is 2.19. The summed E-state index contributed by atoms with van der Waals surface area (Å²) in [6, 6.07) is 6.25. The van der Waals surface area contributed by atoms with Gasteiger partial charge in [0, 0.05) is 11.6 Å². The quantitative estimate of drug-likeness (QED) is 0.902. The smallest absolute Gasteiger partial charge is 0.262 e. The van der Waals surface area contributed by atoms with Gasteiger partial charge in [-0.25, -0.2) is 17.2 Å². The second kappa shape index (κ2) is 5.72. The van der Waals surface area contributed by atoms with Crippen LogP contribution in [0.5, 0.6) is 0 Å². The van der Waals surface area contributed by atoms with Crippen LogP contribution in [0.4, 0.5) is 14.5 Å². The molecule has 0 heterocycles. The zero-order valence-electron chi connectivity index (χ0n) is 11.4. The largest absolute Gasteiger partial charge is 0.366 e. The van der Waals surface area contributed by atoms with Crippen LogP contribution in [0.3, 0.4) is 0 Å². The van der Waals surface area contributed by atoms with Crippen molar-refractivity contribution in [3.8, 4) is 0 Å². The number of nitrogens with two attached hydrogens (primary N) is 1. The van der Waals surface area contributed by atoms with E-state index in [4.69, 9.17) is 5.73 Å². The Morgan fingerprint density at radius 2 is 1.73 bits per heavy atom. The van der Waals surface area contributed by atoms with Gasteiger partial charge in [-0.2, -0.15) is 0 Å². The molecule has 0 unspecified atom stereocenters. The Morgan fingerprint density at radius 1 is 1.14 bits per heavy atom. The molecule has 0 saturated carbocycles. The molecule has 0 atom stereocenters. The summed E-state index contributed by atoms with van der Waals surface area (Å²) in [5.41, 5.74) is 5.74. The third-order valence-electron chi connectivity index (χ3n) is 2.99. The fourth-order valence-corrected chi connectivity index (χ4v) is 3.06. The lowest BCUT2D eigenvalue weighted by molar-refractivity contribution is 0.0999. The minimum atomic E-state index is -4.21. The molecule has 0 radical (unpaired) electrons. The Balaban J connectivity index is 2.45. The van der Waals surface area contributed by atoms with E-state index in [1.54, 1.807) is 0 Å². The van der Waals surface area contributed by atoms with Crippen LogP contribution >= 0.6 is 0 Å². The highest BCUT2D eigenvalue weighted by molar-refractivity contribution is 7.92. The maximum Gasteiger partial charge on any atom is 0.262 e. The van der Waals surface area contributed by atoms with E-state index < -0.39 is 32.5 Å². The van der Waals surface area contributed by atoms with Crippen molar-refractivity contribution in [1.29, 1.82) is 0 Å². The van der Waals surface area contributed by atoms with Crippen molar-refractivity contribution in [3.05, 3.63) is 59.2 Å². The fraction of sp³-hybridized carbons (Fsp3) is 0.0714. The number of anilines is 1. The maximum absolute atomic E-state index is 13.2. The Kier molecular flexibility index (Phi) is 4.14. The van der Waals surface area contributed by atoms with Gasteiger partial charge in [-0.15, -0.1) is 0 Å². The maximum atomic E-state index is 13.2. The van der Waals surface area contributed by atoms with Crippen LogP contribution in [0.15, 0.2) is 41.3 Å². The number of sulfonamides is 1. The van der Waals surface area contributed by atoms with Gasteiger partial charge in [0.1, 0.15) is 11.6 Å². The average Bonchev–Trinajstić information content (AvgIpc) is 2.39. The van der Waals surface area contributed by atoms with E-state index in [2.05, 4.69) is 4.72 Å². The highest BCUT2D eigenvalue weighted by atomic mass is 32.2. The molecule has 22 heavy (non-hydrogen) atoms. The summed E-state index contributed by atoms with van der Waals surface area (Å²) in [5.74, 6) is -2.73. The van der Waals surface area contributed by atoms with E-state index >= 15 is 0 Å². The SMILES string of the molecule is Cc1c(NS(=O)(=O)c2cc(F)cc(F)c2)cccc1C(N)=O. The van der Waals surface area contributed by atoms with Crippen molar-refractivity contribution in [2.75, 3.05) is 4.72 Å². The second-order valence-electron chi connectivity index (χ2n) is 4.55. The molecule has 8 heteroatoms. The van der Waals surface area contributed by atoms with E-state index in [1.807, 2.05) is 0 Å². The summed E-state index contributed by atoms with van der Waals surface area (Å²) in [6.07, 6.45) is 0. The Labute approximate surface area is 125 Å². The molecule has 0 aromatic heterocycles. The first kappa shape index (κ1) is 15.9. The summed E-state index contributed by atoms with van der Waals surface area (Å²) >= 11 is 0. The lowest BCUT2D eigenvalue weighted by Gasteiger charge is -2.12. The average molecular weight is 326 g/mol. The standard InChI is InChI=1S/C14H12F2N2O3S/c1-8-12(14(17)19)3-2-4-13(8)18-22(20,21)11-6-9(15)5-10(16)7-11/h2-7,18H,1H3,(H2,17,19). The molecule has 2 aromatic carbocycles. The van der Waals surface area contributed by atoms with E-state index in [-0.39, 0.29) is 11.3 Å². The van der Waals surface area contributed by atoms with Crippen molar-refractivity contribution >= 4 is 21.6 Å². The molecule has 5 nitrogen and oxygen atoms in total. The number of amides is 1. The minimum Gasteiger partial charge on any atom is -0.366 e. The van der Waals surface area contributed by atoms with Crippen molar-refractivity contribution in [3.63, 3.8) is 0 Å². The number of primary amides is 1. The predicted molar refractivity (Wildman–Crippen MR) is 76.9 cm³/mol.